The third-order valence-electron chi connectivity index (χ3n) is 5.46. The van der Waals surface area contributed by atoms with Crippen LogP contribution in [0.15, 0.2) is 24.3 Å². The Kier molecular flexibility index (Phi) is 5.14. The van der Waals surface area contributed by atoms with Crippen molar-refractivity contribution in [3.8, 4) is 5.75 Å². The Morgan fingerprint density at radius 3 is 2.62 bits per heavy atom. The smallest absolute Gasteiger partial charge is 0.227 e. The van der Waals surface area contributed by atoms with Gasteiger partial charge in [-0.2, -0.15) is 0 Å². The number of likely N-dealkylation sites (tertiary alicyclic amines) is 2. The Bertz CT molecular complexity index is 577. The van der Waals surface area contributed by atoms with Crippen LogP contribution in [0.2, 0.25) is 0 Å². The fraction of sp³-hybridized carbons (Fsp3) is 0.650. The zero-order valence-corrected chi connectivity index (χ0v) is 15.3. The van der Waals surface area contributed by atoms with Crippen molar-refractivity contribution in [1.82, 2.24) is 9.80 Å². The highest BCUT2D eigenvalue weighted by Crippen LogP contribution is 2.40. The minimum absolute atomic E-state index is 0.152. The van der Waals surface area contributed by atoms with Crippen LogP contribution in [0.3, 0.4) is 0 Å². The molecule has 0 saturated carbocycles. The van der Waals surface area contributed by atoms with Crippen LogP contribution >= 0.6 is 0 Å². The SMILES string of the molecule is CC(C)Oc1cccc(CC(=O)N2CCC3(CCN(C)CC3)C2)c1. The molecule has 2 heterocycles. The van der Waals surface area contributed by atoms with Gasteiger partial charge in [0.05, 0.1) is 12.5 Å². The summed E-state index contributed by atoms with van der Waals surface area (Å²) in [6, 6.07) is 7.95. The summed E-state index contributed by atoms with van der Waals surface area (Å²) in [6.45, 7) is 8.23. The number of amides is 1. The van der Waals surface area contributed by atoms with Crippen LogP contribution in [0.4, 0.5) is 0 Å². The molecule has 1 spiro atoms. The molecule has 0 aromatic heterocycles. The highest BCUT2D eigenvalue weighted by molar-refractivity contribution is 5.79. The average molecular weight is 330 g/mol. The van der Waals surface area contributed by atoms with Gasteiger partial charge in [-0.15, -0.1) is 0 Å². The first kappa shape index (κ1) is 17.3. The van der Waals surface area contributed by atoms with Crippen molar-refractivity contribution in [2.24, 2.45) is 5.41 Å². The molecular formula is C20H30N2O2. The molecule has 1 amide bonds. The Morgan fingerprint density at radius 1 is 1.21 bits per heavy atom. The highest BCUT2D eigenvalue weighted by Gasteiger charge is 2.41. The van der Waals surface area contributed by atoms with Gasteiger partial charge in [-0.3, -0.25) is 4.79 Å². The summed E-state index contributed by atoms with van der Waals surface area (Å²) in [6.07, 6.45) is 4.25. The van der Waals surface area contributed by atoms with Crippen LogP contribution in [0.1, 0.15) is 38.7 Å². The van der Waals surface area contributed by atoms with Gasteiger partial charge in [0.25, 0.3) is 0 Å². The number of ether oxygens (including phenoxy) is 1. The second kappa shape index (κ2) is 7.14. The molecule has 0 aliphatic carbocycles. The van der Waals surface area contributed by atoms with Crippen molar-refractivity contribution in [2.75, 3.05) is 33.2 Å². The molecular weight excluding hydrogens is 300 g/mol. The normalized spacial score (nSPS) is 20.8. The molecule has 24 heavy (non-hydrogen) atoms. The number of piperidine rings is 1. The van der Waals surface area contributed by atoms with Gasteiger partial charge in [0.15, 0.2) is 0 Å². The minimum Gasteiger partial charge on any atom is -0.491 e. The van der Waals surface area contributed by atoms with E-state index in [-0.39, 0.29) is 12.0 Å². The number of carbonyl (C=O) groups excluding carboxylic acids is 1. The summed E-state index contributed by atoms with van der Waals surface area (Å²) in [5.74, 6) is 1.11. The second-order valence-corrected chi connectivity index (χ2v) is 7.86. The lowest BCUT2D eigenvalue weighted by atomic mass is 9.78. The maximum Gasteiger partial charge on any atom is 0.227 e. The number of rotatable bonds is 4. The molecule has 0 N–H and O–H groups in total. The van der Waals surface area contributed by atoms with Gasteiger partial charge in [0, 0.05) is 13.1 Å². The molecule has 0 atom stereocenters. The molecule has 3 rings (SSSR count). The van der Waals surface area contributed by atoms with E-state index in [9.17, 15) is 4.79 Å². The Balaban J connectivity index is 1.58. The average Bonchev–Trinajstić information content (AvgIpc) is 2.95. The fourth-order valence-electron chi connectivity index (χ4n) is 3.94. The zero-order chi connectivity index (χ0) is 17.2. The summed E-state index contributed by atoms with van der Waals surface area (Å²) >= 11 is 0. The molecule has 1 aromatic carbocycles. The van der Waals surface area contributed by atoms with Crippen molar-refractivity contribution >= 4 is 5.91 Å². The Hall–Kier alpha value is -1.55. The quantitative estimate of drug-likeness (QED) is 0.851. The van der Waals surface area contributed by atoms with E-state index in [4.69, 9.17) is 4.74 Å². The Labute approximate surface area is 145 Å². The first-order chi connectivity index (χ1) is 11.5. The van der Waals surface area contributed by atoms with E-state index in [0.717, 1.165) is 37.5 Å². The Morgan fingerprint density at radius 2 is 1.92 bits per heavy atom. The van der Waals surface area contributed by atoms with Crippen LogP contribution in [0.5, 0.6) is 5.75 Å². The van der Waals surface area contributed by atoms with E-state index in [1.54, 1.807) is 0 Å². The molecule has 0 bridgehead atoms. The lowest BCUT2D eigenvalue weighted by Gasteiger charge is -2.37. The van der Waals surface area contributed by atoms with Gasteiger partial charge < -0.3 is 14.5 Å². The van der Waals surface area contributed by atoms with Gasteiger partial charge in [-0.05, 0) is 76.4 Å². The first-order valence-electron chi connectivity index (χ1n) is 9.18. The van der Waals surface area contributed by atoms with Crippen LogP contribution < -0.4 is 4.74 Å². The van der Waals surface area contributed by atoms with Crippen molar-refractivity contribution in [3.63, 3.8) is 0 Å². The molecule has 2 aliphatic heterocycles. The molecule has 4 heteroatoms. The summed E-state index contributed by atoms with van der Waals surface area (Å²) in [4.78, 5) is 17.2. The predicted octanol–water partition coefficient (Wildman–Crippen LogP) is 2.96. The number of hydrogen-bond donors (Lipinski definition) is 0. The monoisotopic (exact) mass is 330 g/mol. The lowest BCUT2D eigenvalue weighted by molar-refractivity contribution is -0.130. The van der Waals surface area contributed by atoms with Gasteiger partial charge >= 0.3 is 0 Å². The minimum atomic E-state index is 0.152. The summed E-state index contributed by atoms with van der Waals surface area (Å²) < 4.78 is 5.73. The molecule has 2 fully saturated rings. The van der Waals surface area contributed by atoms with Crippen molar-refractivity contribution < 1.29 is 9.53 Å². The molecule has 1 aromatic rings. The van der Waals surface area contributed by atoms with E-state index in [0.29, 0.717) is 11.8 Å². The van der Waals surface area contributed by atoms with Gasteiger partial charge in [0.1, 0.15) is 5.75 Å². The van der Waals surface area contributed by atoms with Crippen LogP contribution in [-0.4, -0.2) is 55.0 Å². The van der Waals surface area contributed by atoms with E-state index in [1.807, 2.05) is 38.1 Å². The fourth-order valence-corrected chi connectivity index (χ4v) is 3.94. The lowest BCUT2D eigenvalue weighted by Crippen LogP contribution is -2.40. The van der Waals surface area contributed by atoms with Crippen LogP contribution in [-0.2, 0) is 11.2 Å². The van der Waals surface area contributed by atoms with E-state index in [2.05, 4.69) is 16.8 Å². The zero-order valence-electron chi connectivity index (χ0n) is 15.3. The van der Waals surface area contributed by atoms with Crippen molar-refractivity contribution in [1.29, 1.82) is 0 Å². The summed E-state index contributed by atoms with van der Waals surface area (Å²) in [7, 11) is 2.19. The third-order valence-corrected chi connectivity index (χ3v) is 5.46. The largest absolute Gasteiger partial charge is 0.491 e. The van der Waals surface area contributed by atoms with Crippen molar-refractivity contribution in [3.05, 3.63) is 29.8 Å². The molecule has 2 aliphatic rings. The molecule has 2 saturated heterocycles. The van der Waals surface area contributed by atoms with E-state index >= 15 is 0 Å². The number of carbonyl (C=O) groups is 1. The standard InChI is InChI=1S/C20H30N2O2/c1-16(2)24-18-6-4-5-17(13-18)14-19(23)22-12-9-20(15-22)7-10-21(3)11-8-20/h4-6,13,16H,7-12,14-15H2,1-3H3. The van der Waals surface area contributed by atoms with Crippen molar-refractivity contribution in [2.45, 2.75) is 45.6 Å². The summed E-state index contributed by atoms with van der Waals surface area (Å²) in [5, 5.41) is 0. The van der Waals surface area contributed by atoms with Crippen LogP contribution in [0, 0.1) is 5.41 Å². The van der Waals surface area contributed by atoms with Crippen LogP contribution in [0.25, 0.3) is 0 Å². The molecule has 0 unspecified atom stereocenters. The molecule has 132 valence electrons. The topological polar surface area (TPSA) is 32.8 Å². The van der Waals surface area contributed by atoms with E-state index in [1.165, 1.54) is 19.3 Å². The third kappa shape index (κ3) is 4.10. The maximum absolute atomic E-state index is 12.7. The van der Waals surface area contributed by atoms with Gasteiger partial charge in [-0.1, -0.05) is 12.1 Å². The summed E-state index contributed by atoms with van der Waals surface area (Å²) in [5.41, 5.74) is 1.42. The maximum atomic E-state index is 12.7. The van der Waals surface area contributed by atoms with E-state index < -0.39 is 0 Å². The van der Waals surface area contributed by atoms with Gasteiger partial charge in [-0.25, -0.2) is 0 Å². The second-order valence-electron chi connectivity index (χ2n) is 7.86. The number of benzene rings is 1. The van der Waals surface area contributed by atoms with Gasteiger partial charge in [0.2, 0.25) is 5.91 Å². The number of hydrogen-bond acceptors (Lipinski definition) is 3. The molecule has 4 nitrogen and oxygen atoms in total. The number of nitrogens with zero attached hydrogens (tertiary/aromatic N) is 2. The highest BCUT2D eigenvalue weighted by atomic mass is 16.5. The predicted molar refractivity (Wildman–Crippen MR) is 96.3 cm³/mol. The molecule has 0 radical (unpaired) electrons. The first-order valence-corrected chi connectivity index (χ1v) is 9.18.